The van der Waals surface area contributed by atoms with Crippen molar-refractivity contribution in [2.24, 2.45) is 11.3 Å². The van der Waals surface area contributed by atoms with Crippen LogP contribution in [0.15, 0.2) is 18.2 Å². The number of aryl methyl sites for hydroxylation is 1. The van der Waals surface area contributed by atoms with Gasteiger partial charge in [-0.2, -0.15) is 0 Å². The van der Waals surface area contributed by atoms with Crippen molar-refractivity contribution >= 4 is 0 Å². The Bertz CT molecular complexity index is 356. The molecule has 0 bridgehead atoms. The molecule has 16 heavy (non-hydrogen) atoms. The van der Waals surface area contributed by atoms with Crippen molar-refractivity contribution in [1.29, 1.82) is 0 Å². The van der Waals surface area contributed by atoms with E-state index in [4.69, 9.17) is 5.84 Å². The van der Waals surface area contributed by atoms with Crippen LogP contribution in [-0.2, 0) is 0 Å². The monoisotopic (exact) mass is 220 g/mol. The second-order valence-corrected chi connectivity index (χ2v) is 5.23. The predicted molar refractivity (Wildman–Crippen MR) is 70.1 cm³/mol. The van der Waals surface area contributed by atoms with E-state index in [0.717, 1.165) is 6.42 Å². The number of hydrogen-bond acceptors (Lipinski definition) is 2. The van der Waals surface area contributed by atoms with Gasteiger partial charge in [-0.3, -0.25) is 11.3 Å². The molecule has 0 fully saturated rings. The lowest BCUT2D eigenvalue weighted by Gasteiger charge is -2.34. The van der Waals surface area contributed by atoms with Crippen LogP contribution in [0.25, 0.3) is 0 Å². The van der Waals surface area contributed by atoms with Crippen molar-refractivity contribution in [3.8, 4) is 0 Å². The highest BCUT2D eigenvalue weighted by Gasteiger charge is 2.29. The summed E-state index contributed by atoms with van der Waals surface area (Å²) < 4.78 is 0. The van der Waals surface area contributed by atoms with E-state index in [1.807, 2.05) is 0 Å². The molecule has 0 amide bonds. The molecule has 0 radical (unpaired) electrons. The highest BCUT2D eigenvalue weighted by atomic mass is 15.2. The molecule has 1 aromatic rings. The van der Waals surface area contributed by atoms with Crippen molar-refractivity contribution in [2.75, 3.05) is 0 Å². The van der Waals surface area contributed by atoms with Gasteiger partial charge in [0, 0.05) is 0 Å². The van der Waals surface area contributed by atoms with Gasteiger partial charge in [-0.15, -0.1) is 0 Å². The summed E-state index contributed by atoms with van der Waals surface area (Å²) in [4.78, 5) is 0. The largest absolute Gasteiger partial charge is 0.271 e. The minimum Gasteiger partial charge on any atom is -0.271 e. The van der Waals surface area contributed by atoms with Gasteiger partial charge in [-0.05, 0) is 42.4 Å². The normalized spacial score (nSPS) is 13.9. The molecule has 0 heterocycles. The molecule has 2 heteroatoms. The average Bonchev–Trinajstić information content (AvgIpc) is 2.25. The molecule has 0 aliphatic heterocycles. The van der Waals surface area contributed by atoms with Crippen LogP contribution in [0.2, 0.25) is 0 Å². The van der Waals surface area contributed by atoms with Gasteiger partial charge >= 0.3 is 0 Å². The molecule has 3 N–H and O–H groups in total. The Morgan fingerprint density at radius 3 is 2.44 bits per heavy atom. The Labute approximate surface area is 99.2 Å². The quantitative estimate of drug-likeness (QED) is 0.604. The lowest BCUT2D eigenvalue weighted by Crippen LogP contribution is -2.38. The third-order valence-electron chi connectivity index (χ3n) is 3.82. The minimum absolute atomic E-state index is 0.160. The maximum Gasteiger partial charge on any atom is 0.0513 e. The van der Waals surface area contributed by atoms with Crippen molar-refractivity contribution in [3.63, 3.8) is 0 Å². The average molecular weight is 220 g/mol. The van der Waals surface area contributed by atoms with Crippen LogP contribution < -0.4 is 11.3 Å². The van der Waals surface area contributed by atoms with Crippen LogP contribution in [0.1, 0.15) is 49.9 Å². The van der Waals surface area contributed by atoms with E-state index < -0.39 is 0 Å². The highest BCUT2D eigenvalue weighted by Crippen LogP contribution is 2.37. The highest BCUT2D eigenvalue weighted by molar-refractivity contribution is 5.36. The molecule has 0 saturated carbocycles. The SMILES string of the molecule is CCC(C)(C)C(NN)c1cccc(C)c1C. The van der Waals surface area contributed by atoms with Crippen LogP contribution in [0.3, 0.4) is 0 Å². The van der Waals surface area contributed by atoms with Gasteiger partial charge in [0.05, 0.1) is 6.04 Å². The third kappa shape index (κ3) is 2.45. The summed E-state index contributed by atoms with van der Waals surface area (Å²) in [5.41, 5.74) is 7.12. The third-order valence-corrected chi connectivity index (χ3v) is 3.82. The second kappa shape index (κ2) is 4.98. The maximum atomic E-state index is 5.74. The van der Waals surface area contributed by atoms with Crippen molar-refractivity contribution in [1.82, 2.24) is 5.43 Å². The van der Waals surface area contributed by atoms with Crippen LogP contribution >= 0.6 is 0 Å². The summed E-state index contributed by atoms with van der Waals surface area (Å²) in [5.74, 6) is 5.74. The van der Waals surface area contributed by atoms with E-state index in [9.17, 15) is 0 Å². The first-order valence-corrected chi connectivity index (χ1v) is 5.96. The molecule has 1 atom stereocenters. The number of hydrazine groups is 1. The zero-order valence-electron chi connectivity index (χ0n) is 11.1. The number of rotatable bonds is 4. The van der Waals surface area contributed by atoms with Gasteiger partial charge in [0.2, 0.25) is 0 Å². The molecule has 0 aromatic heterocycles. The molecule has 1 aromatic carbocycles. The zero-order chi connectivity index (χ0) is 12.3. The van der Waals surface area contributed by atoms with Gasteiger partial charge in [-0.1, -0.05) is 39.0 Å². The summed E-state index contributed by atoms with van der Waals surface area (Å²) in [5, 5.41) is 0. The lowest BCUT2D eigenvalue weighted by molar-refractivity contribution is 0.235. The number of benzene rings is 1. The Morgan fingerprint density at radius 1 is 1.31 bits per heavy atom. The van der Waals surface area contributed by atoms with E-state index in [1.165, 1.54) is 16.7 Å². The minimum atomic E-state index is 0.160. The zero-order valence-corrected chi connectivity index (χ0v) is 11.1. The fraction of sp³-hybridized carbons (Fsp3) is 0.571. The number of hydrogen-bond donors (Lipinski definition) is 2. The fourth-order valence-corrected chi connectivity index (χ4v) is 2.03. The first kappa shape index (κ1) is 13.2. The summed E-state index contributed by atoms with van der Waals surface area (Å²) in [6.45, 7) is 11.0. The van der Waals surface area contributed by atoms with Crippen LogP contribution in [0.4, 0.5) is 0 Å². The van der Waals surface area contributed by atoms with Gasteiger partial charge in [-0.25, -0.2) is 0 Å². The number of nitrogens with one attached hydrogen (secondary N) is 1. The summed E-state index contributed by atoms with van der Waals surface area (Å²) >= 11 is 0. The van der Waals surface area contributed by atoms with Crippen molar-refractivity contribution in [3.05, 3.63) is 34.9 Å². The van der Waals surface area contributed by atoms with Gasteiger partial charge < -0.3 is 0 Å². The van der Waals surface area contributed by atoms with Crippen molar-refractivity contribution < 1.29 is 0 Å². The Balaban J connectivity index is 3.19. The molecule has 2 nitrogen and oxygen atoms in total. The smallest absolute Gasteiger partial charge is 0.0513 e. The maximum absolute atomic E-state index is 5.74. The summed E-state index contributed by atoms with van der Waals surface area (Å²) in [7, 11) is 0. The molecule has 0 aliphatic carbocycles. The molecule has 0 saturated heterocycles. The molecular weight excluding hydrogens is 196 g/mol. The van der Waals surface area contributed by atoms with E-state index in [1.54, 1.807) is 0 Å². The molecule has 90 valence electrons. The summed E-state index contributed by atoms with van der Waals surface area (Å²) in [6, 6.07) is 6.63. The number of nitrogens with two attached hydrogens (primary N) is 1. The van der Waals surface area contributed by atoms with Crippen LogP contribution in [-0.4, -0.2) is 0 Å². The summed E-state index contributed by atoms with van der Waals surface area (Å²) in [6.07, 6.45) is 1.09. The fourth-order valence-electron chi connectivity index (χ4n) is 2.03. The van der Waals surface area contributed by atoms with Gasteiger partial charge in [0.25, 0.3) is 0 Å². The van der Waals surface area contributed by atoms with Gasteiger partial charge in [0.1, 0.15) is 0 Å². The molecular formula is C14H24N2. The van der Waals surface area contributed by atoms with Crippen molar-refractivity contribution in [2.45, 2.75) is 47.1 Å². The molecule has 1 unspecified atom stereocenters. The van der Waals surface area contributed by atoms with Crippen LogP contribution in [0, 0.1) is 19.3 Å². The molecule has 1 rings (SSSR count). The standard InChI is InChI=1S/C14H24N2/c1-6-14(4,5)13(16-15)12-9-7-8-10(2)11(12)3/h7-9,13,16H,6,15H2,1-5H3. The topological polar surface area (TPSA) is 38.0 Å². The molecule has 0 aliphatic rings. The molecule has 0 spiro atoms. The Morgan fingerprint density at radius 2 is 1.94 bits per heavy atom. The Hall–Kier alpha value is -0.860. The first-order valence-electron chi connectivity index (χ1n) is 5.96. The lowest BCUT2D eigenvalue weighted by atomic mass is 9.77. The van der Waals surface area contributed by atoms with E-state index >= 15 is 0 Å². The predicted octanol–water partition coefficient (Wildman–Crippen LogP) is 3.24. The van der Waals surface area contributed by atoms with E-state index in [-0.39, 0.29) is 11.5 Å². The van der Waals surface area contributed by atoms with E-state index in [2.05, 4.69) is 58.2 Å². The first-order chi connectivity index (χ1) is 7.44. The van der Waals surface area contributed by atoms with Gasteiger partial charge in [0.15, 0.2) is 0 Å². The van der Waals surface area contributed by atoms with E-state index in [0.29, 0.717) is 0 Å². The Kier molecular flexibility index (Phi) is 4.11. The van der Waals surface area contributed by atoms with Crippen LogP contribution in [0.5, 0.6) is 0 Å². The second-order valence-electron chi connectivity index (χ2n) is 5.23.